The van der Waals surface area contributed by atoms with Gasteiger partial charge in [-0.1, -0.05) is 6.92 Å². The summed E-state index contributed by atoms with van der Waals surface area (Å²) in [5.74, 6) is 0.766. The van der Waals surface area contributed by atoms with Crippen LogP contribution in [0.3, 0.4) is 0 Å². The van der Waals surface area contributed by atoms with Crippen LogP contribution in [0.2, 0.25) is 0 Å². The maximum Gasteiger partial charge on any atom is 0.211 e. The lowest BCUT2D eigenvalue weighted by Crippen LogP contribution is -2.43. The first-order valence-electron chi connectivity index (χ1n) is 7.40. The molecular weight excluding hydrogens is 276 g/mol. The van der Waals surface area contributed by atoms with E-state index in [9.17, 15) is 8.42 Å². The second-order valence-corrected chi connectivity index (χ2v) is 7.28. The fourth-order valence-electron chi connectivity index (χ4n) is 2.28. The lowest BCUT2D eigenvalue weighted by Gasteiger charge is -2.22. The van der Waals surface area contributed by atoms with E-state index in [1.165, 1.54) is 6.26 Å². The fourth-order valence-corrected chi connectivity index (χ4v) is 3.45. The van der Waals surface area contributed by atoms with Gasteiger partial charge in [-0.25, -0.2) is 8.42 Å². The Labute approximate surface area is 123 Å². The molecule has 6 nitrogen and oxygen atoms in total. The van der Waals surface area contributed by atoms with Crippen LogP contribution < -0.4 is 10.6 Å². The van der Waals surface area contributed by atoms with Gasteiger partial charge in [0.15, 0.2) is 5.96 Å². The van der Waals surface area contributed by atoms with Gasteiger partial charge < -0.3 is 10.6 Å². The maximum absolute atomic E-state index is 11.7. The monoisotopic (exact) mass is 304 g/mol. The molecule has 2 N–H and O–H groups in total. The van der Waals surface area contributed by atoms with Gasteiger partial charge in [0.05, 0.1) is 12.8 Å². The predicted octanol–water partition coefficient (Wildman–Crippen LogP) is 0.764. The Morgan fingerprint density at radius 2 is 2.15 bits per heavy atom. The minimum Gasteiger partial charge on any atom is -0.357 e. The molecule has 0 bridgehead atoms. The molecule has 1 fully saturated rings. The fraction of sp³-hybridized carbons (Fsp3) is 0.923. The Hall–Kier alpha value is -0.820. The molecule has 1 aliphatic rings. The Kier molecular flexibility index (Phi) is 6.75. The third-order valence-electron chi connectivity index (χ3n) is 3.55. The molecule has 0 spiro atoms. The Morgan fingerprint density at radius 1 is 1.45 bits per heavy atom. The summed E-state index contributed by atoms with van der Waals surface area (Å²) in [5.41, 5.74) is 0. The molecule has 0 aromatic heterocycles. The van der Waals surface area contributed by atoms with Crippen LogP contribution >= 0.6 is 0 Å². The highest BCUT2D eigenvalue weighted by molar-refractivity contribution is 7.88. The number of hydrogen-bond acceptors (Lipinski definition) is 3. The molecule has 1 heterocycles. The summed E-state index contributed by atoms with van der Waals surface area (Å²) in [6.07, 6.45) is 4.10. The molecule has 0 saturated carbocycles. The van der Waals surface area contributed by atoms with Gasteiger partial charge in [-0.05, 0) is 33.1 Å². The smallest absolute Gasteiger partial charge is 0.211 e. The minimum absolute atomic E-state index is 0.00242. The van der Waals surface area contributed by atoms with Crippen LogP contribution in [0.15, 0.2) is 4.99 Å². The second kappa shape index (κ2) is 7.83. The first-order valence-corrected chi connectivity index (χ1v) is 9.25. The molecule has 1 unspecified atom stereocenters. The zero-order valence-corrected chi connectivity index (χ0v) is 13.8. The third kappa shape index (κ3) is 5.28. The van der Waals surface area contributed by atoms with Crippen LogP contribution in [0, 0.1) is 0 Å². The van der Waals surface area contributed by atoms with Gasteiger partial charge in [0.2, 0.25) is 10.0 Å². The average Bonchev–Trinajstić information content (AvgIpc) is 2.84. The van der Waals surface area contributed by atoms with Crippen molar-refractivity contribution in [2.45, 2.75) is 52.1 Å². The largest absolute Gasteiger partial charge is 0.357 e. The van der Waals surface area contributed by atoms with Crippen molar-refractivity contribution in [2.75, 3.05) is 25.9 Å². The Morgan fingerprint density at radius 3 is 2.70 bits per heavy atom. The molecule has 1 saturated heterocycles. The summed E-state index contributed by atoms with van der Waals surface area (Å²) in [6.45, 7) is 8.16. The molecule has 0 aliphatic carbocycles. The van der Waals surface area contributed by atoms with Crippen molar-refractivity contribution in [1.29, 1.82) is 0 Å². The van der Waals surface area contributed by atoms with E-state index in [4.69, 9.17) is 0 Å². The zero-order valence-electron chi connectivity index (χ0n) is 13.0. The van der Waals surface area contributed by atoms with Crippen molar-refractivity contribution in [3.8, 4) is 0 Å². The topological polar surface area (TPSA) is 73.8 Å². The highest BCUT2D eigenvalue weighted by Gasteiger charge is 2.31. The van der Waals surface area contributed by atoms with Gasteiger partial charge in [0.25, 0.3) is 0 Å². The molecule has 0 amide bonds. The maximum atomic E-state index is 11.7. The van der Waals surface area contributed by atoms with Crippen LogP contribution in [0.4, 0.5) is 0 Å². The van der Waals surface area contributed by atoms with Gasteiger partial charge in [-0.15, -0.1) is 0 Å². The number of guanidine groups is 1. The Balaban J connectivity index is 2.66. The lowest BCUT2D eigenvalue weighted by atomic mass is 10.2. The Bertz CT molecular complexity index is 422. The normalized spacial score (nSPS) is 22.8. The van der Waals surface area contributed by atoms with Crippen LogP contribution in [0.25, 0.3) is 0 Å². The number of sulfonamides is 1. The lowest BCUT2D eigenvalue weighted by molar-refractivity contribution is 0.396. The van der Waals surface area contributed by atoms with E-state index in [0.29, 0.717) is 19.1 Å². The molecule has 0 radical (unpaired) electrons. The average molecular weight is 304 g/mol. The number of hydrogen-bond donors (Lipinski definition) is 2. The van der Waals surface area contributed by atoms with Crippen molar-refractivity contribution in [3.05, 3.63) is 0 Å². The molecule has 7 heteroatoms. The van der Waals surface area contributed by atoms with E-state index >= 15 is 0 Å². The van der Waals surface area contributed by atoms with Crippen LogP contribution in [-0.2, 0) is 10.0 Å². The molecule has 2 atom stereocenters. The summed E-state index contributed by atoms with van der Waals surface area (Å²) in [5, 5.41) is 6.51. The number of aliphatic imine (C=N–C) groups is 1. The third-order valence-corrected chi connectivity index (χ3v) is 4.88. The van der Waals surface area contributed by atoms with E-state index in [2.05, 4.69) is 29.5 Å². The van der Waals surface area contributed by atoms with Crippen LogP contribution in [0.5, 0.6) is 0 Å². The first kappa shape index (κ1) is 17.2. The summed E-state index contributed by atoms with van der Waals surface area (Å²) >= 11 is 0. The van der Waals surface area contributed by atoms with Gasteiger partial charge in [-0.2, -0.15) is 4.31 Å². The van der Waals surface area contributed by atoms with Crippen LogP contribution in [0.1, 0.15) is 40.0 Å². The van der Waals surface area contributed by atoms with Crippen molar-refractivity contribution >= 4 is 16.0 Å². The van der Waals surface area contributed by atoms with Gasteiger partial charge in [0, 0.05) is 25.2 Å². The van der Waals surface area contributed by atoms with E-state index < -0.39 is 10.0 Å². The highest BCUT2D eigenvalue weighted by atomic mass is 32.2. The van der Waals surface area contributed by atoms with Crippen LogP contribution in [-0.4, -0.2) is 56.7 Å². The van der Waals surface area contributed by atoms with E-state index in [1.54, 1.807) is 4.31 Å². The van der Waals surface area contributed by atoms with Crippen molar-refractivity contribution in [1.82, 2.24) is 14.9 Å². The summed E-state index contributed by atoms with van der Waals surface area (Å²) < 4.78 is 24.9. The molecular formula is C13H28N4O2S. The standard InChI is InChI=1S/C13H28N4O2S/c1-5-11(3)16-13(14-6-2)15-10-12-8-7-9-17(12)20(4,18)19/h11-12H,5-10H2,1-4H3,(H2,14,15,16)/t11?,12-/m1/s1. The summed E-state index contributed by atoms with van der Waals surface area (Å²) in [4.78, 5) is 4.54. The quantitative estimate of drug-likeness (QED) is 0.561. The van der Waals surface area contributed by atoms with Crippen molar-refractivity contribution in [3.63, 3.8) is 0 Å². The highest BCUT2D eigenvalue weighted by Crippen LogP contribution is 2.20. The number of nitrogens with one attached hydrogen (secondary N) is 2. The van der Waals surface area contributed by atoms with Crippen molar-refractivity contribution in [2.24, 2.45) is 4.99 Å². The summed E-state index contributed by atoms with van der Waals surface area (Å²) in [6, 6.07) is 0.347. The van der Waals surface area contributed by atoms with Crippen molar-refractivity contribution < 1.29 is 8.42 Å². The number of nitrogens with zero attached hydrogens (tertiary/aromatic N) is 2. The van der Waals surface area contributed by atoms with E-state index in [1.807, 2.05) is 6.92 Å². The SMILES string of the molecule is CCNC(=NC[C@H]1CCCN1S(C)(=O)=O)NC(C)CC. The zero-order chi connectivity index (χ0) is 15.2. The van der Waals surface area contributed by atoms with Gasteiger partial charge in [0.1, 0.15) is 0 Å². The molecule has 0 aromatic carbocycles. The van der Waals surface area contributed by atoms with E-state index in [-0.39, 0.29) is 6.04 Å². The summed E-state index contributed by atoms with van der Waals surface area (Å²) in [7, 11) is -3.12. The minimum atomic E-state index is -3.12. The first-order chi connectivity index (χ1) is 9.38. The molecule has 0 aromatic rings. The predicted molar refractivity (Wildman–Crippen MR) is 83.4 cm³/mol. The molecule has 1 aliphatic heterocycles. The second-order valence-electron chi connectivity index (χ2n) is 5.34. The molecule has 118 valence electrons. The van der Waals surface area contributed by atoms with Gasteiger partial charge in [-0.3, -0.25) is 4.99 Å². The van der Waals surface area contributed by atoms with E-state index in [0.717, 1.165) is 31.8 Å². The molecule has 1 rings (SSSR count). The molecule has 20 heavy (non-hydrogen) atoms. The van der Waals surface area contributed by atoms with Gasteiger partial charge >= 0.3 is 0 Å². The number of rotatable bonds is 6.